The van der Waals surface area contributed by atoms with E-state index < -0.39 is 0 Å². The molecular weight excluding hydrogens is 152 g/mol. The summed E-state index contributed by atoms with van der Waals surface area (Å²) in [6, 6.07) is 0. The predicted octanol–water partition coefficient (Wildman–Crippen LogP) is 1.72. The molecule has 0 aromatic heterocycles. The Balaban J connectivity index is 1.94. The zero-order valence-electron chi connectivity index (χ0n) is 7.75. The van der Waals surface area contributed by atoms with Gasteiger partial charge in [-0.1, -0.05) is 0 Å². The van der Waals surface area contributed by atoms with E-state index in [-0.39, 0.29) is 11.7 Å². The van der Waals surface area contributed by atoms with Gasteiger partial charge in [-0.3, -0.25) is 0 Å². The molecule has 1 saturated carbocycles. The molecule has 2 rings (SSSR count). The third-order valence-corrected chi connectivity index (χ3v) is 3.48. The molecule has 2 heteroatoms. The Hall–Kier alpha value is -0.0800. The smallest absolute Gasteiger partial charge is 0.0686 e. The second-order valence-electron chi connectivity index (χ2n) is 4.38. The Morgan fingerprint density at radius 1 is 1.50 bits per heavy atom. The molecule has 2 atom stereocenters. The zero-order valence-corrected chi connectivity index (χ0v) is 7.75. The first kappa shape index (κ1) is 8.52. The molecule has 2 nitrogen and oxygen atoms in total. The van der Waals surface area contributed by atoms with Crippen LogP contribution in [0.5, 0.6) is 0 Å². The van der Waals surface area contributed by atoms with Gasteiger partial charge in [0.15, 0.2) is 0 Å². The summed E-state index contributed by atoms with van der Waals surface area (Å²) >= 11 is 0. The van der Waals surface area contributed by atoms with E-state index in [1.54, 1.807) is 0 Å². The molecule has 2 aliphatic rings. The van der Waals surface area contributed by atoms with Gasteiger partial charge in [-0.05, 0) is 44.9 Å². The number of rotatable bonds is 1. The number of aliphatic hydroxyl groups excluding tert-OH is 1. The summed E-state index contributed by atoms with van der Waals surface area (Å²) in [6.07, 6.45) is 5.73. The van der Waals surface area contributed by atoms with Crippen LogP contribution in [0.1, 0.15) is 39.0 Å². The van der Waals surface area contributed by atoms with Gasteiger partial charge in [0.2, 0.25) is 0 Å². The van der Waals surface area contributed by atoms with Gasteiger partial charge >= 0.3 is 0 Å². The van der Waals surface area contributed by atoms with Gasteiger partial charge < -0.3 is 9.84 Å². The summed E-state index contributed by atoms with van der Waals surface area (Å²) in [5.41, 5.74) is 0.194. The van der Waals surface area contributed by atoms with Crippen LogP contribution in [0.15, 0.2) is 0 Å². The van der Waals surface area contributed by atoms with Crippen molar-refractivity contribution in [2.45, 2.75) is 50.7 Å². The molecule has 0 amide bonds. The first-order chi connectivity index (χ1) is 5.72. The molecule has 1 saturated heterocycles. The lowest BCUT2D eigenvalue weighted by molar-refractivity contribution is -0.155. The quantitative estimate of drug-likeness (QED) is 0.649. The summed E-state index contributed by atoms with van der Waals surface area (Å²) in [7, 11) is 0. The Morgan fingerprint density at radius 2 is 2.25 bits per heavy atom. The first-order valence-electron chi connectivity index (χ1n) is 5.04. The molecule has 2 fully saturated rings. The van der Waals surface area contributed by atoms with Crippen molar-refractivity contribution in [3.05, 3.63) is 0 Å². The van der Waals surface area contributed by atoms with Crippen LogP contribution >= 0.6 is 0 Å². The van der Waals surface area contributed by atoms with E-state index in [0.29, 0.717) is 5.92 Å². The van der Waals surface area contributed by atoms with Gasteiger partial charge in [0, 0.05) is 6.61 Å². The molecule has 0 aromatic rings. The minimum absolute atomic E-state index is 0.147. The van der Waals surface area contributed by atoms with Crippen LogP contribution in [0.25, 0.3) is 0 Å². The lowest BCUT2D eigenvalue weighted by Gasteiger charge is -2.47. The maximum absolute atomic E-state index is 9.47. The number of hydrogen-bond acceptors (Lipinski definition) is 2. The lowest BCUT2D eigenvalue weighted by atomic mass is 9.71. The molecule has 0 aromatic carbocycles. The molecule has 1 heterocycles. The van der Waals surface area contributed by atoms with E-state index in [0.717, 1.165) is 19.4 Å². The Labute approximate surface area is 73.9 Å². The molecule has 12 heavy (non-hydrogen) atoms. The van der Waals surface area contributed by atoms with Gasteiger partial charge in [0.05, 0.1) is 11.7 Å². The van der Waals surface area contributed by atoms with Crippen molar-refractivity contribution < 1.29 is 9.84 Å². The highest BCUT2D eigenvalue weighted by molar-refractivity contribution is 4.94. The van der Waals surface area contributed by atoms with E-state index in [1.165, 1.54) is 19.3 Å². The number of ether oxygens (including phenoxy) is 1. The summed E-state index contributed by atoms with van der Waals surface area (Å²) in [5.74, 6) is 0.485. The molecule has 1 N–H and O–H groups in total. The van der Waals surface area contributed by atoms with Gasteiger partial charge in [-0.2, -0.15) is 0 Å². The minimum atomic E-state index is -0.147. The molecule has 1 aliphatic heterocycles. The second-order valence-corrected chi connectivity index (χ2v) is 4.38. The normalized spacial score (nSPS) is 36.0. The molecule has 2 unspecified atom stereocenters. The van der Waals surface area contributed by atoms with Crippen molar-refractivity contribution >= 4 is 0 Å². The lowest BCUT2D eigenvalue weighted by Crippen LogP contribution is -2.47. The van der Waals surface area contributed by atoms with Gasteiger partial charge in [0.25, 0.3) is 0 Å². The topological polar surface area (TPSA) is 29.5 Å². The fourth-order valence-corrected chi connectivity index (χ4v) is 2.40. The highest BCUT2D eigenvalue weighted by atomic mass is 16.5. The summed E-state index contributed by atoms with van der Waals surface area (Å²) in [4.78, 5) is 0. The van der Waals surface area contributed by atoms with Crippen LogP contribution in [0.2, 0.25) is 0 Å². The van der Waals surface area contributed by atoms with Crippen molar-refractivity contribution in [3.8, 4) is 0 Å². The summed E-state index contributed by atoms with van der Waals surface area (Å²) < 4.78 is 5.77. The van der Waals surface area contributed by atoms with Crippen LogP contribution in [-0.4, -0.2) is 23.4 Å². The zero-order chi connectivity index (χ0) is 8.60. The average Bonchev–Trinajstić information content (AvgIpc) is 2.02. The SMILES string of the molecule is CC(O)C1CCOC2(CCC2)C1. The Morgan fingerprint density at radius 3 is 2.75 bits per heavy atom. The first-order valence-corrected chi connectivity index (χ1v) is 5.04. The number of hydrogen-bond donors (Lipinski definition) is 1. The highest BCUT2D eigenvalue weighted by Crippen LogP contribution is 2.44. The molecule has 1 aliphatic carbocycles. The third kappa shape index (κ3) is 1.38. The fourth-order valence-electron chi connectivity index (χ4n) is 2.40. The minimum Gasteiger partial charge on any atom is -0.393 e. The van der Waals surface area contributed by atoms with Crippen molar-refractivity contribution in [1.29, 1.82) is 0 Å². The average molecular weight is 170 g/mol. The van der Waals surface area contributed by atoms with Crippen LogP contribution < -0.4 is 0 Å². The van der Waals surface area contributed by atoms with Crippen LogP contribution in [0, 0.1) is 5.92 Å². The van der Waals surface area contributed by atoms with E-state index in [9.17, 15) is 5.11 Å². The van der Waals surface area contributed by atoms with E-state index >= 15 is 0 Å². The van der Waals surface area contributed by atoms with E-state index in [1.807, 2.05) is 6.92 Å². The maximum atomic E-state index is 9.47. The van der Waals surface area contributed by atoms with Crippen molar-refractivity contribution in [2.75, 3.05) is 6.61 Å². The molecule has 0 bridgehead atoms. The largest absolute Gasteiger partial charge is 0.393 e. The molecule has 1 spiro atoms. The maximum Gasteiger partial charge on any atom is 0.0686 e. The van der Waals surface area contributed by atoms with Crippen LogP contribution in [-0.2, 0) is 4.74 Å². The van der Waals surface area contributed by atoms with E-state index in [2.05, 4.69) is 0 Å². The predicted molar refractivity (Wildman–Crippen MR) is 46.9 cm³/mol. The second kappa shape index (κ2) is 3.00. The highest BCUT2D eigenvalue weighted by Gasteiger charge is 2.43. The van der Waals surface area contributed by atoms with Crippen LogP contribution in [0.4, 0.5) is 0 Å². The molecule has 0 radical (unpaired) electrons. The number of aliphatic hydroxyl groups is 1. The standard InChI is InChI=1S/C10H18O2/c1-8(11)9-3-6-12-10(7-9)4-2-5-10/h8-9,11H,2-7H2,1H3. The van der Waals surface area contributed by atoms with Gasteiger partial charge in [-0.15, -0.1) is 0 Å². The van der Waals surface area contributed by atoms with Gasteiger partial charge in [0.1, 0.15) is 0 Å². The Kier molecular flexibility index (Phi) is 2.13. The Bertz CT molecular complexity index is 161. The summed E-state index contributed by atoms with van der Waals surface area (Å²) in [5, 5.41) is 9.47. The fraction of sp³-hybridized carbons (Fsp3) is 1.00. The molecular formula is C10H18O2. The van der Waals surface area contributed by atoms with Crippen molar-refractivity contribution in [3.63, 3.8) is 0 Å². The van der Waals surface area contributed by atoms with Crippen LogP contribution in [0.3, 0.4) is 0 Å². The monoisotopic (exact) mass is 170 g/mol. The van der Waals surface area contributed by atoms with Crippen molar-refractivity contribution in [1.82, 2.24) is 0 Å². The third-order valence-electron chi connectivity index (χ3n) is 3.48. The van der Waals surface area contributed by atoms with E-state index in [4.69, 9.17) is 4.74 Å². The van der Waals surface area contributed by atoms with Crippen molar-refractivity contribution in [2.24, 2.45) is 5.92 Å². The summed E-state index contributed by atoms with van der Waals surface area (Å²) in [6.45, 7) is 2.76. The molecule has 70 valence electrons. The van der Waals surface area contributed by atoms with Gasteiger partial charge in [-0.25, -0.2) is 0 Å².